The van der Waals surface area contributed by atoms with Crippen molar-refractivity contribution in [3.8, 4) is 0 Å². The monoisotopic (exact) mass is 400 g/mol. The molecule has 1 aromatic rings. The van der Waals surface area contributed by atoms with E-state index in [2.05, 4.69) is 13.8 Å². The summed E-state index contributed by atoms with van der Waals surface area (Å²) < 4.78 is 11.7. The maximum absolute atomic E-state index is 11.5. The largest absolute Gasteiger partial charge is 0.431 e. The van der Waals surface area contributed by atoms with E-state index in [0.717, 1.165) is 50.5 Å². The lowest BCUT2D eigenvalue weighted by Crippen LogP contribution is -2.62. The lowest BCUT2D eigenvalue weighted by molar-refractivity contribution is -0.182. The molecular weight excluding hydrogens is 368 g/mol. The molecule has 1 aromatic heterocycles. The van der Waals surface area contributed by atoms with Crippen LogP contribution in [-0.4, -0.2) is 34.1 Å². The van der Waals surface area contributed by atoms with Crippen molar-refractivity contribution >= 4 is 0 Å². The summed E-state index contributed by atoms with van der Waals surface area (Å²) in [4.78, 5) is 11.5. The fraction of sp³-hybridized carbons (Fsp3) is 0.792. The lowest BCUT2D eigenvalue weighted by atomic mass is 9.43. The van der Waals surface area contributed by atoms with E-state index in [1.165, 1.54) is 6.07 Å². The van der Waals surface area contributed by atoms with E-state index in [0.29, 0.717) is 17.8 Å². The first-order valence-corrected chi connectivity index (χ1v) is 11.4. The molecule has 2 heterocycles. The van der Waals surface area contributed by atoms with E-state index < -0.39 is 0 Å². The minimum atomic E-state index is -0.361. The topological polar surface area (TPSA) is 83.2 Å². The third-order valence-electron chi connectivity index (χ3n) is 10.2. The molecule has 4 aliphatic carbocycles. The molecule has 5 nitrogen and oxygen atoms in total. The van der Waals surface area contributed by atoms with Crippen LogP contribution in [0.4, 0.5) is 0 Å². The van der Waals surface area contributed by atoms with Gasteiger partial charge in [-0.05, 0) is 79.7 Å². The molecule has 10 unspecified atom stereocenters. The summed E-state index contributed by atoms with van der Waals surface area (Å²) in [6.45, 7) is 4.76. The van der Waals surface area contributed by atoms with Gasteiger partial charge in [-0.2, -0.15) is 0 Å². The number of fused-ring (bicyclic) bond motifs is 3. The van der Waals surface area contributed by atoms with Crippen LogP contribution in [0.5, 0.6) is 0 Å². The Balaban J connectivity index is 1.39. The Bertz CT molecular complexity index is 875. The Hall–Kier alpha value is -1.17. The minimum Gasteiger partial charge on any atom is -0.431 e. The molecule has 5 aliphatic rings. The first-order chi connectivity index (χ1) is 13.8. The second kappa shape index (κ2) is 5.74. The van der Waals surface area contributed by atoms with Gasteiger partial charge in [-0.3, -0.25) is 0 Å². The van der Waals surface area contributed by atoms with Crippen LogP contribution in [0.3, 0.4) is 0 Å². The smallest absolute Gasteiger partial charge is 0.335 e. The molecule has 5 fully saturated rings. The van der Waals surface area contributed by atoms with Crippen LogP contribution >= 0.6 is 0 Å². The zero-order valence-electron chi connectivity index (χ0n) is 17.3. The molecule has 5 heteroatoms. The van der Waals surface area contributed by atoms with Gasteiger partial charge in [-0.15, -0.1) is 0 Å². The van der Waals surface area contributed by atoms with Gasteiger partial charge in [0.05, 0.1) is 24.6 Å². The molecule has 158 valence electrons. The average Bonchev–Trinajstić information content (AvgIpc) is 3.34. The van der Waals surface area contributed by atoms with Gasteiger partial charge in [0.15, 0.2) is 0 Å². The van der Waals surface area contributed by atoms with E-state index in [9.17, 15) is 15.0 Å². The molecule has 0 aromatic carbocycles. The highest BCUT2D eigenvalue weighted by molar-refractivity contribution is 5.35. The fourth-order valence-corrected chi connectivity index (χ4v) is 8.70. The number of aliphatic hydroxyl groups excluding tert-OH is 2. The van der Waals surface area contributed by atoms with Gasteiger partial charge < -0.3 is 19.4 Å². The van der Waals surface area contributed by atoms with Crippen LogP contribution in [0.25, 0.3) is 0 Å². The molecule has 4 saturated carbocycles. The Morgan fingerprint density at radius 1 is 1.07 bits per heavy atom. The van der Waals surface area contributed by atoms with E-state index in [-0.39, 0.29) is 46.3 Å². The summed E-state index contributed by atoms with van der Waals surface area (Å²) in [5.41, 5.74) is 0.679. The highest BCUT2D eigenvalue weighted by Crippen LogP contribution is 2.77. The molecule has 1 saturated heterocycles. The van der Waals surface area contributed by atoms with Crippen LogP contribution in [0.15, 0.2) is 27.6 Å². The minimum absolute atomic E-state index is 0.0445. The quantitative estimate of drug-likeness (QED) is 0.707. The summed E-state index contributed by atoms with van der Waals surface area (Å²) in [6.07, 6.45) is 7.94. The number of hydrogen-bond donors (Lipinski definition) is 2. The number of hydrogen-bond acceptors (Lipinski definition) is 5. The van der Waals surface area contributed by atoms with Crippen molar-refractivity contribution in [2.75, 3.05) is 0 Å². The van der Waals surface area contributed by atoms with Crippen molar-refractivity contribution in [2.45, 2.75) is 88.6 Å². The third kappa shape index (κ3) is 2.19. The highest BCUT2D eigenvalue weighted by Gasteiger charge is 2.81. The number of epoxide rings is 1. The van der Waals surface area contributed by atoms with E-state index in [1.54, 1.807) is 6.26 Å². The summed E-state index contributed by atoms with van der Waals surface area (Å²) in [7, 11) is 0. The fourth-order valence-electron chi connectivity index (χ4n) is 8.70. The number of ether oxygens (including phenoxy) is 1. The van der Waals surface area contributed by atoms with Crippen LogP contribution < -0.4 is 5.63 Å². The zero-order chi connectivity index (χ0) is 20.2. The van der Waals surface area contributed by atoms with Crippen LogP contribution in [0.1, 0.15) is 70.3 Å². The molecule has 0 amide bonds. The lowest BCUT2D eigenvalue weighted by Gasteiger charge is -2.62. The second-order valence-electron chi connectivity index (χ2n) is 11.1. The standard InChI is InChI=1S/C24H32O5/c1-22-7-5-15(25)9-14(22)10-18(26)21-16(22)6-8-23(2)17(11-19-24(21,23)29-19)13-3-4-20(27)28-12-13/h3-4,12,14-19,21,25-26H,5-11H2,1-2H3. The normalized spacial score (nSPS) is 55.4. The molecular formula is C24H32O5. The first kappa shape index (κ1) is 18.6. The van der Waals surface area contributed by atoms with Gasteiger partial charge in [0.1, 0.15) is 5.60 Å². The second-order valence-corrected chi connectivity index (χ2v) is 11.1. The first-order valence-electron chi connectivity index (χ1n) is 11.4. The molecule has 10 atom stereocenters. The predicted molar refractivity (Wildman–Crippen MR) is 106 cm³/mol. The van der Waals surface area contributed by atoms with Gasteiger partial charge in [0, 0.05) is 17.4 Å². The summed E-state index contributed by atoms with van der Waals surface area (Å²) in [5, 5.41) is 21.6. The SMILES string of the molecule is CC12CCC(O)CC1CC(O)C1C2CCC2(C)C(c3ccc(=O)oc3)CC3OC312. The van der Waals surface area contributed by atoms with E-state index in [1.807, 2.05) is 6.07 Å². The Morgan fingerprint density at radius 2 is 1.90 bits per heavy atom. The summed E-state index contributed by atoms with van der Waals surface area (Å²) in [6, 6.07) is 3.44. The van der Waals surface area contributed by atoms with Crippen LogP contribution in [0.2, 0.25) is 0 Å². The van der Waals surface area contributed by atoms with Crippen molar-refractivity contribution < 1.29 is 19.4 Å². The van der Waals surface area contributed by atoms with Gasteiger partial charge in [0.2, 0.25) is 0 Å². The molecule has 29 heavy (non-hydrogen) atoms. The van der Waals surface area contributed by atoms with Gasteiger partial charge in [0.25, 0.3) is 0 Å². The van der Waals surface area contributed by atoms with Crippen molar-refractivity contribution in [1.29, 1.82) is 0 Å². The Morgan fingerprint density at radius 3 is 2.66 bits per heavy atom. The predicted octanol–water partition coefficient (Wildman–Crippen LogP) is 3.23. The molecule has 0 bridgehead atoms. The van der Waals surface area contributed by atoms with Crippen molar-refractivity contribution in [2.24, 2.45) is 28.6 Å². The molecule has 1 spiro atoms. The van der Waals surface area contributed by atoms with Crippen molar-refractivity contribution in [3.05, 3.63) is 34.4 Å². The molecule has 0 radical (unpaired) electrons. The molecule has 1 aliphatic heterocycles. The van der Waals surface area contributed by atoms with Crippen molar-refractivity contribution in [1.82, 2.24) is 0 Å². The number of rotatable bonds is 1. The van der Waals surface area contributed by atoms with Gasteiger partial charge in [-0.1, -0.05) is 13.8 Å². The molecule has 2 N–H and O–H groups in total. The van der Waals surface area contributed by atoms with Gasteiger partial charge >= 0.3 is 5.63 Å². The maximum atomic E-state index is 11.5. The third-order valence-corrected chi connectivity index (χ3v) is 10.2. The maximum Gasteiger partial charge on any atom is 0.335 e. The van der Waals surface area contributed by atoms with E-state index >= 15 is 0 Å². The highest BCUT2D eigenvalue weighted by atomic mass is 16.6. The summed E-state index contributed by atoms with van der Waals surface area (Å²) >= 11 is 0. The zero-order valence-corrected chi connectivity index (χ0v) is 17.3. The van der Waals surface area contributed by atoms with Crippen molar-refractivity contribution in [3.63, 3.8) is 0 Å². The van der Waals surface area contributed by atoms with Crippen LogP contribution in [0, 0.1) is 28.6 Å². The van der Waals surface area contributed by atoms with Gasteiger partial charge in [-0.25, -0.2) is 4.79 Å². The Labute approximate surface area is 171 Å². The van der Waals surface area contributed by atoms with Crippen LogP contribution in [-0.2, 0) is 4.74 Å². The summed E-state index contributed by atoms with van der Waals surface area (Å²) in [5.74, 6) is 1.33. The molecule has 6 rings (SSSR count). The van der Waals surface area contributed by atoms with E-state index in [4.69, 9.17) is 9.15 Å². The number of aliphatic hydroxyl groups is 2. The Kier molecular flexibility index (Phi) is 3.68. The average molecular weight is 401 g/mol.